The Balaban J connectivity index is 1.91. The standard InChI is InChI=1S/C6H8O3/c1-2-5(3-1)4-7-6(5)8-9-6/h1-4H2. The van der Waals surface area contributed by atoms with Gasteiger partial charge in [0.05, 0.1) is 12.0 Å². The van der Waals surface area contributed by atoms with Gasteiger partial charge in [-0.1, -0.05) is 6.42 Å². The van der Waals surface area contributed by atoms with Gasteiger partial charge in [-0.15, -0.1) is 0 Å². The first-order chi connectivity index (χ1) is 4.37. The monoisotopic (exact) mass is 128 g/mol. The maximum Gasteiger partial charge on any atom is 0.347 e. The molecule has 50 valence electrons. The molecule has 2 heterocycles. The van der Waals surface area contributed by atoms with E-state index in [2.05, 4.69) is 0 Å². The second-order valence-electron chi connectivity index (χ2n) is 3.15. The molecule has 9 heavy (non-hydrogen) atoms. The van der Waals surface area contributed by atoms with Gasteiger partial charge in [0.1, 0.15) is 0 Å². The van der Waals surface area contributed by atoms with Crippen molar-refractivity contribution in [3.05, 3.63) is 0 Å². The Morgan fingerprint density at radius 1 is 1.11 bits per heavy atom. The summed E-state index contributed by atoms with van der Waals surface area (Å²) in [6.07, 6.45) is 3.73. The molecule has 0 radical (unpaired) electrons. The third-order valence-electron chi connectivity index (χ3n) is 2.73. The van der Waals surface area contributed by atoms with Crippen molar-refractivity contribution in [2.75, 3.05) is 6.61 Å². The molecule has 3 rings (SSSR count). The van der Waals surface area contributed by atoms with Gasteiger partial charge in [0.2, 0.25) is 0 Å². The van der Waals surface area contributed by atoms with Gasteiger partial charge in [-0.3, -0.25) is 0 Å². The van der Waals surface area contributed by atoms with Crippen LogP contribution in [0.2, 0.25) is 0 Å². The van der Waals surface area contributed by atoms with Crippen LogP contribution < -0.4 is 0 Å². The van der Waals surface area contributed by atoms with E-state index in [9.17, 15) is 0 Å². The van der Waals surface area contributed by atoms with Crippen molar-refractivity contribution >= 4 is 0 Å². The summed E-state index contributed by atoms with van der Waals surface area (Å²) < 4.78 is 5.14. The normalized spacial score (nSPS) is 40.0. The van der Waals surface area contributed by atoms with E-state index in [1.165, 1.54) is 19.3 Å². The minimum atomic E-state index is -0.536. The van der Waals surface area contributed by atoms with Gasteiger partial charge < -0.3 is 4.74 Å². The molecule has 3 heteroatoms. The molecule has 3 aliphatic rings. The van der Waals surface area contributed by atoms with E-state index < -0.39 is 5.97 Å². The Kier molecular flexibility index (Phi) is 0.542. The molecule has 0 unspecified atom stereocenters. The van der Waals surface area contributed by atoms with Crippen molar-refractivity contribution in [1.82, 2.24) is 0 Å². The highest BCUT2D eigenvalue weighted by atomic mass is 17.5. The van der Waals surface area contributed by atoms with Crippen LogP contribution in [-0.2, 0) is 14.5 Å². The summed E-state index contributed by atoms with van der Waals surface area (Å²) in [5, 5.41) is 0. The summed E-state index contributed by atoms with van der Waals surface area (Å²) in [4.78, 5) is 9.54. The fourth-order valence-electron chi connectivity index (χ4n) is 1.71. The Labute approximate surface area is 52.8 Å². The zero-order valence-electron chi connectivity index (χ0n) is 5.05. The second kappa shape index (κ2) is 1.05. The largest absolute Gasteiger partial charge is 0.347 e. The minimum absolute atomic E-state index is 0.285. The number of fused-ring (bicyclic) bond motifs is 1. The average molecular weight is 128 g/mol. The molecule has 3 nitrogen and oxygen atoms in total. The topological polar surface area (TPSA) is 34.3 Å². The van der Waals surface area contributed by atoms with Gasteiger partial charge in [-0.25, -0.2) is 0 Å². The van der Waals surface area contributed by atoms with Crippen molar-refractivity contribution in [3.63, 3.8) is 0 Å². The van der Waals surface area contributed by atoms with Crippen molar-refractivity contribution in [3.8, 4) is 0 Å². The molecule has 2 saturated heterocycles. The molecule has 1 saturated carbocycles. The summed E-state index contributed by atoms with van der Waals surface area (Å²) in [7, 11) is 0. The molecular formula is C6H8O3. The van der Waals surface area contributed by atoms with Crippen LogP contribution in [0.3, 0.4) is 0 Å². The van der Waals surface area contributed by atoms with Gasteiger partial charge in [0.25, 0.3) is 0 Å². The fourth-order valence-corrected chi connectivity index (χ4v) is 1.71. The Bertz CT molecular complexity index is 152. The summed E-state index contributed by atoms with van der Waals surface area (Å²) in [6, 6.07) is 0. The lowest BCUT2D eigenvalue weighted by Gasteiger charge is -2.49. The smallest absolute Gasteiger partial charge is 0.322 e. The number of rotatable bonds is 0. The quantitative estimate of drug-likeness (QED) is 0.357. The zero-order chi connectivity index (χ0) is 5.95. The SMILES string of the molecule is C1CC2(C1)COC21OO1. The third kappa shape index (κ3) is 0.327. The second-order valence-corrected chi connectivity index (χ2v) is 3.15. The lowest BCUT2D eigenvalue weighted by atomic mass is 9.65. The summed E-state index contributed by atoms with van der Waals surface area (Å²) in [6.45, 7) is 0.840. The molecule has 0 bridgehead atoms. The van der Waals surface area contributed by atoms with Crippen molar-refractivity contribution in [2.24, 2.45) is 5.41 Å². The highest BCUT2D eigenvalue weighted by molar-refractivity contribution is 5.03. The van der Waals surface area contributed by atoms with Crippen LogP contribution >= 0.6 is 0 Å². The lowest BCUT2D eigenvalue weighted by molar-refractivity contribution is -0.304. The van der Waals surface area contributed by atoms with E-state index in [4.69, 9.17) is 14.5 Å². The Hall–Kier alpha value is -0.120. The lowest BCUT2D eigenvalue weighted by Crippen LogP contribution is -2.58. The van der Waals surface area contributed by atoms with Crippen LogP contribution in [0, 0.1) is 5.41 Å². The van der Waals surface area contributed by atoms with Crippen LogP contribution in [0.15, 0.2) is 0 Å². The maximum atomic E-state index is 5.14. The highest BCUT2D eigenvalue weighted by Gasteiger charge is 2.76. The average Bonchev–Trinajstić information content (AvgIpc) is 2.34. The molecule has 0 aromatic carbocycles. The molecular weight excluding hydrogens is 120 g/mol. The van der Waals surface area contributed by atoms with Crippen LogP contribution in [0.4, 0.5) is 0 Å². The molecule has 0 aromatic heterocycles. The summed E-state index contributed by atoms with van der Waals surface area (Å²) >= 11 is 0. The molecule has 0 N–H and O–H groups in total. The molecule has 3 fully saturated rings. The van der Waals surface area contributed by atoms with E-state index >= 15 is 0 Å². The molecule has 2 aliphatic heterocycles. The van der Waals surface area contributed by atoms with Gasteiger partial charge >= 0.3 is 5.97 Å². The van der Waals surface area contributed by atoms with Gasteiger partial charge in [-0.2, -0.15) is 9.78 Å². The first kappa shape index (κ1) is 4.66. The minimum Gasteiger partial charge on any atom is -0.322 e. The van der Waals surface area contributed by atoms with Gasteiger partial charge in [-0.05, 0) is 12.8 Å². The van der Waals surface area contributed by atoms with E-state index in [1.54, 1.807) is 0 Å². The summed E-state index contributed by atoms with van der Waals surface area (Å²) in [5.41, 5.74) is 0.285. The Morgan fingerprint density at radius 2 is 1.89 bits per heavy atom. The van der Waals surface area contributed by atoms with Gasteiger partial charge in [0.15, 0.2) is 0 Å². The predicted molar refractivity (Wildman–Crippen MR) is 27.1 cm³/mol. The first-order valence-electron chi connectivity index (χ1n) is 3.38. The van der Waals surface area contributed by atoms with E-state index in [-0.39, 0.29) is 5.41 Å². The number of ether oxygens (including phenoxy) is 1. The van der Waals surface area contributed by atoms with Crippen molar-refractivity contribution < 1.29 is 14.5 Å². The number of hydrogen-bond acceptors (Lipinski definition) is 3. The fraction of sp³-hybridized carbons (Fsp3) is 1.00. The zero-order valence-corrected chi connectivity index (χ0v) is 5.05. The number of hydrogen-bond donors (Lipinski definition) is 0. The van der Waals surface area contributed by atoms with Crippen LogP contribution in [0.25, 0.3) is 0 Å². The van der Waals surface area contributed by atoms with E-state index in [1.807, 2.05) is 0 Å². The molecule has 0 aromatic rings. The Morgan fingerprint density at radius 3 is 2.00 bits per heavy atom. The van der Waals surface area contributed by atoms with E-state index in [0.29, 0.717) is 0 Å². The van der Waals surface area contributed by atoms with E-state index in [0.717, 1.165) is 6.61 Å². The molecule has 2 spiro atoms. The van der Waals surface area contributed by atoms with Crippen molar-refractivity contribution in [2.45, 2.75) is 25.2 Å². The van der Waals surface area contributed by atoms with Crippen LogP contribution in [0.5, 0.6) is 0 Å². The third-order valence-corrected chi connectivity index (χ3v) is 2.73. The van der Waals surface area contributed by atoms with Crippen LogP contribution in [0.1, 0.15) is 19.3 Å². The van der Waals surface area contributed by atoms with Crippen molar-refractivity contribution in [1.29, 1.82) is 0 Å². The molecule has 0 amide bonds. The predicted octanol–water partition coefficient (Wildman–Crippen LogP) is 0.802. The highest BCUT2D eigenvalue weighted by Crippen LogP contribution is 2.64. The van der Waals surface area contributed by atoms with Gasteiger partial charge in [0, 0.05) is 0 Å². The van der Waals surface area contributed by atoms with Crippen LogP contribution in [-0.4, -0.2) is 12.6 Å². The molecule has 0 atom stereocenters. The first-order valence-corrected chi connectivity index (χ1v) is 3.38. The maximum absolute atomic E-state index is 5.14. The molecule has 1 aliphatic carbocycles. The summed E-state index contributed by atoms with van der Waals surface area (Å²) in [5.74, 6) is -0.536.